The molecule has 2 heterocycles. The molecule has 0 aliphatic carbocycles. The summed E-state index contributed by atoms with van der Waals surface area (Å²) < 4.78 is 17.5. The maximum Gasteiger partial charge on any atom is 0.337 e. The van der Waals surface area contributed by atoms with Crippen LogP contribution in [0.4, 0.5) is 4.39 Å². The first kappa shape index (κ1) is 19.1. The van der Waals surface area contributed by atoms with Gasteiger partial charge in [0, 0.05) is 11.1 Å². The van der Waals surface area contributed by atoms with Gasteiger partial charge in [-0.25, -0.2) is 18.7 Å². The predicted molar refractivity (Wildman–Crippen MR) is 110 cm³/mol. The van der Waals surface area contributed by atoms with Gasteiger partial charge in [-0.15, -0.1) is 0 Å². The second-order valence-corrected chi connectivity index (χ2v) is 7.47. The molecule has 8 heteroatoms. The number of hydrogen-bond acceptors (Lipinski definition) is 3. The van der Waals surface area contributed by atoms with Crippen molar-refractivity contribution in [2.24, 2.45) is 0 Å². The van der Waals surface area contributed by atoms with Crippen LogP contribution in [0.15, 0.2) is 64.4 Å². The molecule has 0 amide bonds. The Labute approximate surface area is 170 Å². The summed E-state index contributed by atoms with van der Waals surface area (Å²) in [5.41, 5.74) is 0.752. The highest BCUT2D eigenvalue weighted by Gasteiger charge is 2.20. The second-order valence-electron chi connectivity index (χ2n) is 7.03. The molecule has 2 aromatic carbocycles. The van der Waals surface area contributed by atoms with Crippen LogP contribution in [-0.2, 0) is 6.54 Å². The van der Waals surface area contributed by atoms with E-state index in [1.54, 1.807) is 47.3 Å². The van der Waals surface area contributed by atoms with Gasteiger partial charge in [-0.1, -0.05) is 29.8 Å². The smallest absolute Gasteiger partial charge is 0.322 e. The summed E-state index contributed by atoms with van der Waals surface area (Å²) >= 11 is 6.12. The number of nitrogens with zero attached hydrogens (tertiary/aromatic N) is 4. The molecule has 2 aromatic heterocycles. The summed E-state index contributed by atoms with van der Waals surface area (Å²) in [4.78, 5) is 30.9. The van der Waals surface area contributed by atoms with Gasteiger partial charge in [0.25, 0.3) is 5.56 Å². The number of imidazole rings is 1. The van der Waals surface area contributed by atoms with Gasteiger partial charge in [0.1, 0.15) is 5.82 Å². The lowest BCUT2D eigenvalue weighted by Crippen LogP contribution is -2.40. The van der Waals surface area contributed by atoms with Crippen LogP contribution in [0.25, 0.3) is 16.9 Å². The average molecular weight is 413 g/mol. The summed E-state index contributed by atoms with van der Waals surface area (Å²) in [5, 5.41) is 0.460. The Kier molecular flexibility index (Phi) is 4.84. The first-order valence-corrected chi connectivity index (χ1v) is 9.47. The molecule has 0 saturated heterocycles. The third-order valence-electron chi connectivity index (χ3n) is 4.73. The van der Waals surface area contributed by atoms with Crippen molar-refractivity contribution in [2.75, 3.05) is 0 Å². The highest BCUT2D eigenvalue weighted by atomic mass is 35.5. The molecule has 0 atom stereocenters. The van der Waals surface area contributed by atoms with E-state index in [1.807, 2.05) is 13.8 Å². The SMILES string of the molecule is CC(C)n1cnc2c1c(=O)n(Cc1ccc(F)cc1)c(=O)n2-c1cccc(Cl)c1. The summed E-state index contributed by atoms with van der Waals surface area (Å²) in [6.45, 7) is 3.87. The van der Waals surface area contributed by atoms with E-state index in [0.717, 1.165) is 4.57 Å². The molecule has 6 nitrogen and oxygen atoms in total. The van der Waals surface area contributed by atoms with Crippen molar-refractivity contribution >= 4 is 22.8 Å². The van der Waals surface area contributed by atoms with Crippen LogP contribution in [0.5, 0.6) is 0 Å². The minimum Gasteiger partial charge on any atom is -0.322 e. The Morgan fingerprint density at radius 3 is 2.48 bits per heavy atom. The van der Waals surface area contributed by atoms with Crippen molar-refractivity contribution in [3.63, 3.8) is 0 Å². The molecule has 0 saturated carbocycles. The highest BCUT2D eigenvalue weighted by Crippen LogP contribution is 2.19. The van der Waals surface area contributed by atoms with E-state index in [1.165, 1.54) is 16.7 Å². The third kappa shape index (κ3) is 3.38. The lowest BCUT2D eigenvalue weighted by molar-refractivity contribution is 0.607. The van der Waals surface area contributed by atoms with Gasteiger partial charge in [0.15, 0.2) is 11.2 Å². The molecule has 0 aliphatic rings. The van der Waals surface area contributed by atoms with E-state index in [9.17, 15) is 14.0 Å². The largest absolute Gasteiger partial charge is 0.337 e. The molecule has 148 valence electrons. The van der Waals surface area contributed by atoms with Crippen LogP contribution >= 0.6 is 11.6 Å². The Hall–Kier alpha value is -3.19. The molecule has 0 bridgehead atoms. The standard InChI is InChI=1S/C21H18ClFN4O2/c1-13(2)26-12-24-19-18(26)20(28)25(11-14-6-8-16(23)9-7-14)21(29)27(19)17-5-3-4-15(22)10-17/h3-10,12-13H,11H2,1-2H3. The first-order valence-electron chi connectivity index (χ1n) is 9.09. The van der Waals surface area contributed by atoms with Crippen molar-refractivity contribution in [1.82, 2.24) is 18.7 Å². The van der Waals surface area contributed by atoms with Crippen LogP contribution < -0.4 is 11.2 Å². The fourth-order valence-corrected chi connectivity index (χ4v) is 3.48. The Bertz CT molecular complexity index is 1320. The lowest BCUT2D eigenvalue weighted by atomic mass is 10.2. The molecule has 4 rings (SSSR count). The molecule has 29 heavy (non-hydrogen) atoms. The number of benzene rings is 2. The van der Waals surface area contributed by atoms with Crippen LogP contribution in [0.3, 0.4) is 0 Å². The van der Waals surface area contributed by atoms with Crippen LogP contribution in [-0.4, -0.2) is 18.7 Å². The summed E-state index contributed by atoms with van der Waals surface area (Å²) in [7, 11) is 0. The van der Waals surface area contributed by atoms with Gasteiger partial charge < -0.3 is 4.57 Å². The van der Waals surface area contributed by atoms with E-state index in [2.05, 4.69) is 4.98 Å². The normalized spacial score (nSPS) is 11.5. The quantitative estimate of drug-likeness (QED) is 0.512. The van der Waals surface area contributed by atoms with E-state index < -0.39 is 11.2 Å². The molecule has 0 radical (unpaired) electrons. The topological polar surface area (TPSA) is 61.8 Å². The first-order chi connectivity index (χ1) is 13.9. The molecule has 0 spiro atoms. The lowest BCUT2D eigenvalue weighted by Gasteiger charge is -2.14. The van der Waals surface area contributed by atoms with Crippen LogP contribution in [0.1, 0.15) is 25.5 Å². The average Bonchev–Trinajstić information content (AvgIpc) is 3.12. The molecule has 0 fully saturated rings. The van der Waals surface area contributed by atoms with Gasteiger partial charge >= 0.3 is 5.69 Å². The second kappa shape index (κ2) is 7.33. The maximum absolute atomic E-state index is 13.3. The van der Waals surface area contributed by atoms with Gasteiger partial charge in [-0.2, -0.15) is 0 Å². The van der Waals surface area contributed by atoms with E-state index in [4.69, 9.17) is 11.6 Å². The van der Waals surface area contributed by atoms with E-state index >= 15 is 0 Å². The van der Waals surface area contributed by atoms with Crippen LogP contribution in [0.2, 0.25) is 5.02 Å². The summed E-state index contributed by atoms with van der Waals surface area (Å²) in [5.74, 6) is -0.384. The zero-order chi connectivity index (χ0) is 20.7. The molecule has 0 unspecified atom stereocenters. The Morgan fingerprint density at radius 1 is 1.10 bits per heavy atom. The van der Waals surface area contributed by atoms with E-state index in [0.29, 0.717) is 21.8 Å². The Balaban J connectivity index is 2.05. The number of fused-ring (bicyclic) bond motifs is 1. The summed E-state index contributed by atoms with van der Waals surface area (Å²) in [6.07, 6.45) is 1.56. The molecular weight excluding hydrogens is 395 g/mol. The van der Waals surface area contributed by atoms with Gasteiger partial charge in [0.2, 0.25) is 0 Å². The van der Waals surface area contributed by atoms with Crippen molar-refractivity contribution < 1.29 is 4.39 Å². The van der Waals surface area contributed by atoms with Crippen molar-refractivity contribution in [3.8, 4) is 5.69 Å². The molecule has 0 N–H and O–H groups in total. The Morgan fingerprint density at radius 2 is 1.83 bits per heavy atom. The molecule has 0 aliphatic heterocycles. The fraction of sp³-hybridized carbons (Fsp3) is 0.190. The van der Waals surface area contributed by atoms with Crippen LogP contribution in [0, 0.1) is 5.82 Å². The van der Waals surface area contributed by atoms with Crippen molar-refractivity contribution in [1.29, 1.82) is 0 Å². The number of halogens is 2. The minimum absolute atomic E-state index is 0.0116. The van der Waals surface area contributed by atoms with Crippen molar-refractivity contribution in [2.45, 2.75) is 26.4 Å². The highest BCUT2D eigenvalue weighted by molar-refractivity contribution is 6.30. The van der Waals surface area contributed by atoms with Gasteiger partial charge in [-0.3, -0.25) is 9.36 Å². The molecular formula is C21H18ClFN4O2. The van der Waals surface area contributed by atoms with Gasteiger partial charge in [0.05, 0.1) is 18.6 Å². The van der Waals surface area contributed by atoms with Crippen molar-refractivity contribution in [3.05, 3.63) is 92.1 Å². The zero-order valence-corrected chi connectivity index (χ0v) is 16.6. The third-order valence-corrected chi connectivity index (χ3v) is 4.97. The van der Waals surface area contributed by atoms with E-state index in [-0.39, 0.29) is 24.1 Å². The predicted octanol–water partition coefficient (Wildman–Crippen LogP) is 3.77. The number of rotatable bonds is 4. The molecule has 4 aromatic rings. The minimum atomic E-state index is -0.539. The monoisotopic (exact) mass is 412 g/mol. The number of hydrogen-bond donors (Lipinski definition) is 0. The van der Waals surface area contributed by atoms with Gasteiger partial charge in [-0.05, 0) is 49.7 Å². The summed E-state index contributed by atoms with van der Waals surface area (Å²) in [6, 6.07) is 12.5. The zero-order valence-electron chi connectivity index (χ0n) is 15.8. The fourth-order valence-electron chi connectivity index (χ4n) is 3.30. The number of aromatic nitrogens is 4. The maximum atomic E-state index is 13.3.